The van der Waals surface area contributed by atoms with E-state index in [1.807, 2.05) is 24.0 Å². The maximum absolute atomic E-state index is 5.91. The van der Waals surface area contributed by atoms with E-state index in [1.54, 1.807) is 7.11 Å². The standard InChI is InChI=1S/C10H19N3O/c1-13-7-6-12-10(13)4-3-9(11)5-8-14-2/h6-7,9H,3-5,8,11H2,1-2H3. The molecule has 1 aromatic rings. The van der Waals surface area contributed by atoms with E-state index in [9.17, 15) is 0 Å². The molecule has 1 unspecified atom stereocenters. The Labute approximate surface area is 85.1 Å². The van der Waals surface area contributed by atoms with Crippen LogP contribution in [0.5, 0.6) is 0 Å². The van der Waals surface area contributed by atoms with E-state index >= 15 is 0 Å². The summed E-state index contributed by atoms with van der Waals surface area (Å²) in [5.74, 6) is 1.10. The minimum absolute atomic E-state index is 0.214. The highest BCUT2D eigenvalue weighted by atomic mass is 16.5. The molecule has 4 nitrogen and oxygen atoms in total. The Kier molecular flexibility index (Phi) is 4.62. The number of hydrogen-bond donors (Lipinski definition) is 1. The van der Waals surface area contributed by atoms with Crippen LogP contribution in [-0.2, 0) is 18.2 Å². The van der Waals surface area contributed by atoms with Gasteiger partial charge < -0.3 is 15.0 Å². The predicted octanol–water partition coefficient (Wildman–Crippen LogP) is 0.716. The number of aryl methyl sites for hydroxylation is 2. The lowest BCUT2D eigenvalue weighted by atomic mass is 10.1. The minimum Gasteiger partial charge on any atom is -0.385 e. The average Bonchev–Trinajstić information content (AvgIpc) is 2.58. The number of imidazole rings is 1. The van der Waals surface area contributed by atoms with Crippen molar-refractivity contribution in [1.29, 1.82) is 0 Å². The molecule has 0 aliphatic heterocycles. The van der Waals surface area contributed by atoms with E-state index in [0.29, 0.717) is 0 Å². The first-order valence-electron chi connectivity index (χ1n) is 4.94. The summed E-state index contributed by atoms with van der Waals surface area (Å²) in [6.07, 6.45) is 6.59. The first-order valence-corrected chi connectivity index (χ1v) is 4.94. The third-order valence-corrected chi connectivity index (χ3v) is 2.35. The zero-order valence-electron chi connectivity index (χ0n) is 8.94. The van der Waals surface area contributed by atoms with E-state index < -0.39 is 0 Å². The zero-order valence-corrected chi connectivity index (χ0v) is 8.94. The summed E-state index contributed by atoms with van der Waals surface area (Å²) < 4.78 is 7.00. The topological polar surface area (TPSA) is 53.1 Å². The molecule has 1 aromatic heterocycles. The molecule has 0 fully saturated rings. The Balaban J connectivity index is 2.23. The van der Waals surface area contributed by atoms with Crippen LogP contribution in [0.2, 0.25) is 0 Å². The fourth-order valence-electron chi connectivity index (χ4n) is 1.37. The van der Waals surface area contributed by atoms with E-state index in [4.69, 9.17) is 10.5 Å². The minimum atomic E-state index is 0.214. The van der Waals surface area contributed by atoms with Gasteiger partial charge >= 0.3 is 0 Å². The summed E-state index contributed by atoms with van der Waals surface area (Å²) >= 11 is 0. The number of hydrogen-bond acceptors (Lipinski definition) is 3. The van der Waals surface area contributed by atoms with Gasteiger partial charge in [-0.05, 0) is 12.8 Å². The molecule has 0 amide bonds. The van der Waals surface area contributed by atoms with Crippen molar-refractivity contribution in [2.45, 2.75) is 25.3 Å². The maximum atomic E-state index is 5.91. The fourth-order valence-corrected chi connectivity index (χ4v) is 1.37. The van der Waals surface area contributed by atoms with E-state index in [-0.39, 0.29) is 6.04 Å². The molecule has 0 radical (unpaired) electrons. The molecule has 4 heteroatoms. The highest BCUT2D eigenvalue weighted by Crippen LogP contribution is 2.03. The normalized spacial score (nSPS) is 13.1. The largest absolute Gasteiger partial charge is 0.385 e. The van der Waals surface area contributed by atoms with Crippen LogP contribution < -0.4 is 5.73 Å². The molecule has 0 saturated carbocycles. The Morgan fingerprint density at radius 1 is 1.57 bits per heavy atom. The quantitative estimate of drug-likeness (QED) is 0.731. The SMILES string of the molecule is COCCC(N)CCc1nccn1C. The van der Waals surface area contributed by atoms with Gasteiger partial charge in [0.05, 0.1) is 0 Å². The number of aromatic nitrogens is 2. The predicted molar refractivity (Wildman–Crippen MR) is 56.0 cm³/mol. The van der Waals surface area contributed by atoms with Crippen molar-refractivity contribution in [3.05, 3.63) is 18.2 Å². The van der Waals surface area contributed by atoms with Crippen LogP contribution in [0.15, 0.2) is 12.4 Å². The Morgan fingerprint density at radius 2 is 2.36 bits per heavy atom. The summed E-state index contributed by atoms with van der Waals surface area (Å²) in [5.41, 5.74) is 5.91. The maximum Gasteiger partial charge on any atom is 0.108 e. The summed E-state index contributed by atoms with van der Waals surface area (Å²) in [4.78, 5) is 4.24. The second kappa shape index (κ2) is 5.78. The van der Waals surface area contributed by atoms with Crippen LogP contribution in [0.3, 0.4) is 0 Å². The van der Waals surface area contributed by atoms with Crippen LogP contribution in [0.25, 0.3) is 0 Å². The molecule has 1 rings (SSSR count). The Hall–Kier alpha value is -0.870. The van der Waals surface area contributed by atoms with Gasteiger partial charge in [-0.1, -0.05) is 0 Å². The number of nitrogens with two attached hydrogens (primary N) is 1. The average molecular weight is 197 g/mol. The molecule has 0 aromatic carbocycles. The monoisotopic (exact) mass is 197 g/mol. The highest BCUT2D eigenvalue weighted by molar-refractivity contribution is 4.91. The van der Waals surface area contributed by atoms with E-state index in [2.05, 4.69) is 4.98 Å². The first kappa shape index (κ1) is 11.2. The van der Waals surface area contributed by atoms with Crippen molar-refractivity contribution in [2.24, 2.45) is 12.8 Å². The van der Waals surface area contributed by atoms with Crippen LogP contribution in [0.4, 0.5) is 0 Å². The van der Waals surface area contributed by atoms with Crippen molar-refractivity contribution in [3.8, 4) is 0 Å². The first-order chi connectivity index (χ1) is 6.74. The molecule has 0 aliphatic rings. The second-order valence-electron chi connectivity index (χ2n) is 3.53. The summed E-state index contributed by atoms with van der Waals surface area (Å²) in [5, 5.41) is 0. The van der Waals surface area contributed by atoms with Crippen LogP contribution in [0.1, 0.15) is 18.7 Å². The van der Waals surface area contributed by atoms with Crippen molar-refractivity contribution >= 4 is 0 Å². The summed E-state index contributed by atoms with van der Waals surface area (Å²) in [6.45, 7) is 0.738. The summed E-state index contributed by atoms with van der Waals surface area (Å²) in [6, 6.07) is 0.214. The van der Waals surface area contributed by atoms with Gasteiger partial charge in [0, 0.05) is 45.6 Å². The van der Waals surface area contributed by atoms with Gasteiger partial charge in [-0.3, -0.25) is 0 Å². The van der Waals surface area contributed by atoms with Gasteiger partial charge in [-0.25, -0.2) is 4.98 Å². The van der Waals surface area contributed by atoms with Crippen molar-refractivity contribution in [2.75, 3.05) is 13.7 Å². The lowest BCUT2D eigenvalue weighted by Gasteiger charge is -2.10. The van der Waals surface area contributed by atoms with Crippen LogP contribution in [0, 0.1) is 0 Å². The summed E-state index contributed by atoms with van der Waals surface area (Å²) in [7, 11) is 3.70. The molecule has 0 spiro atoms. The molecule has 1 heterocycles. The van der Waals surface area contributed by atoms with E-state index in [1.165, 1.54) is 0 Å². The number of rotatable bonds is 6. The Morgan fingerprint density at radius 3 is 2.93 bits per heavy atom. The molecule has 2 N–H and O–H groups in total. The Bertz CT molecular complexity index is 260. The van der Waals surface area contributed by atoms with Gasteiger partial charge in [-0.15, -0.1) is 0 Å². The molecule has 14 heavy (non-hydrogen) atoms. The fraction of sp³-hybridized carbons (Fsp3) is 0.700. The van der Waals surface area contributed by atoms with E-state index in [0.717, 1.165) is 31.7 Å². The lowest BCUT2D eigenvalue weighted by molar-refractivity contribution is 0.186. The molecular formula is C10H19N3O. The molecule has 80 valence electrons. The van der Waals surface area contributed by atoms with Crippen LogP contribution >= 0.6 is 0 Å². The van der Waals surface area contributed by atoms with Crippen molar-refractivity contribution in [1.82, 2.24) is 9.55 Å². The lowest BCUT2D eigenvalue weighted by Crippen LogP contribution is -2.22. The van der Waals surface area contributed by atoms with Gasteiger partial charge in [0.15, 0.2) is 0 Å². The number of methoxy groups -OCH3 is 1. The van der Waals surface area contributed by atoms with Gasteiger partial charge in [0.25, 0.3) is 0 Å². The molecule has 0 saturated heterocycles. The van der Waals surface area contributed by atoms with Gasteiger partial charge in [0.1, 0.15) is 5.82 Å². The van der Waals surface area contributed by atoms with Crippen molar-refractivity contribution < 1.29 is 4.74 Å². The van der Waals surface area contributed by atoms with Gasteiger partial charge in [0.2, 0.25) is 0 Å². The third kappa shape index (κ3) is 3.47. The molecule has 1 atom stereocenters. The highest BCUT2D eigenvalue weighted by Gasteiger charge is 2.05. The zero-order chi connectivity index (χ0) is 10.4. The number of nitrogens with zero attached hydrogens (tertiary/aromatic N) is 2. The number of ether oxygens (including phenoxy) is 1. The van der Waals surface area contributed by atoms with Crippen molar-refractivity contribution in [3.63, 3.8) is 0 Å². The van der Waals surface area contributed by atoms with Crippen LogP contribution in [-0.4, -0.2) is 29.3 Å². The molecular weight excluding hydrogens is 178 g/mol. The van der Waals surface area contributed by atoms with Gasteiger partial charge in [-0.2, -0.15) is 0 Å². The molecule has 0 bridgehead atoms. The second-order valence-corrected chi connectivity index (χ2v) is 3.53. The molecule has 0 aliphatic carbocycles. The smallest absolute Gasteiger partial charge is 0.108 e. The third-order valence-electron chi connectivity index (χ3n) is 2.35.